The van der Waals surface area contributed by atoms with E-state index in [1.807, 2.05) is 25.2 Å². The molecule has 7 heteroatoms. The number of ether oxygens (including phenoxy) is 5. The van der Waals surface area contributed by atoms with Gasteiger partial charge in [0.25, 0.3) is 5.91 Å². The molecule has 0 radical (unpaired) electrons. The Kier molecular flexibility index (Phi) is 6.79. The summed E-state index contributed by atoms with van der Waals surface area (Å²) in [4.78, 5) is 14.4. The van der Waals surface area contributed by atoms with Gasteiger partial charge in [0, 0.05) is 25.6 Å². The maximum absolute atomic E-state index is 12.7. The highest BCUT2D eigenvalue weighted by molar-refractivity contribution is 6.13. The van der Waals surface area contributed by atoms with Crippen molar-refractivity contribution in [2.45, 2.75) is 25.4 Å². The molecular weight excluding hydrogens is 422 g/mol. The van der Waals surface area contributed by atoms with Crippen LogP contribution in [0.25, 0.3) is 21.5 Å². The Bertz CT molecular complexity index is 1170. The third-order valence-electron chi connectivity index (χ3n) is 6.35. The number of carbonyl (C=O) groups excluding carboxylic acids is 1. The van der Waals surface area contributed by atoms with E-state index in [-0.39, 0.29) is 12.0 Å². The van der Waals surface area contributed by atoms with Crippen molar-refractivity contribution in [2.75, 3.05) is 48.6 Å². The van der Waals surface area contributed by atoms with E-state index in [0.717, 1.165) is 39.9 Å². The van der Waals surface area contributed by atoms with E-state index in [2.05, 4.69) is 12.1 Å². The van der Waals surface area contributed by atoms with Gasteiger partial charge in [0.15, 0.2) is 23.0 Å². The second-order valence-electron chi connectivity index (χ2n) is 8.20. The zero-order chi connectivity index (χ0) is 23.5. The number of hydrogen-bond donors (Lipinski definition) is 0. The molecule has 1 amide bonds. The van der Waals surface area contributed by atoms with Gasteiger partial charge in [0.05, 0.1) is 28.4 Å². The van der Waals surface area contributed by atoms with Crippen molar-refractivity contribution in [3.05, 3.63) is 35.9 Å². The van der Waals surface area contributed by atoms with Crippen LogP contribution in [0.1, 0.15) is 18.4 Å². The van der Waals surface area contributed by atoms with Crippen LogP contribution in [0, 0.1) is 0 Å². The summed E-state index contributed by atoms with van der Waals surface area (Å²) in [6.45, 7) is 1.24. The van der Waals surface area contributed by atoms with Crippen LogP contribution in [0.3, 0.4) is 0 Å². The molecule has 0 N–H and O–H groups in total. The Hall–Kier alpha value is -3.19. The lowest BCUT2D eigenvalue weighted by Crippen LogP contribution is -2.37. The van der Waals surface area contributed by atoms with Crippen molar-refractivity contribution in [2.24, 2.45) is 0 Å². The minimum atomic E-state index is -0.316. The average molecular weight is 454 g/mol. The van der Waals surface area contributed by atoms with Gasteiger partial charge in [0.1, 0.15) is 6.10 Å². The normalized spacial score (nSPS) is 15.6. The molecule has 1 heterocycles. The first-order valence-electron chi connectivity index (χ1n) is 11.1. The number of fused-ring (bicyclic) bond motifs is 3. The van der Waals surface area contributed by atoms with Crippen LogP contribution in [0.15, 0.2) is 30.3 Å². The quantitative estimate of drug-likeness (QED) is 0.476. The van der Waals surface area contributed by atoms with Crippen molar-refractivity contribution in [1.82, 2.24) is 4.90 Å². The van der Waals surface area contributed by atoms with Crippen LogP contribution >= 0.6 is 0 Å². The number of carbonyl (C=O) groups is 1. The third-order valence-corrected chi connectivity index (χ3v) is 6.35. The second-order valence-corrected chi connectivity index (χ2v) is 8.20. The topological polar surface area (TPSA) is 66.5 Å². The molecular formula is C26H31NO6. The molecule has 0 saturated carbocycles. The maximum atomic E-state index is 12.7. The summed E-state index contributed by atoms with van der Waals surface area (Å²) >= 11 is 0. The Labute approximate surface area is 194 Å². The maximum Gasteiger partial charge on any atom is 0.251 e. The van der Waals surface area contributed by atoms with E-state index in [0.29, 0.717) is 42.6 Å². The molecule has 0 spiro atoms. The first-order chi connectivity index (χ1) is 16.0. The number of nitrogens with zero attached hydrogens (tertiary/aromatic N) is 1. The molecule has 1 atom stereocenters. The molecule has 1 saturated heterocycles. The lowest BCUT2D eigenvalue weighted by molar-refractivity contribution is -0.139. The van der Waals surface area contributed by atoms with Crippen LogP contribution in [0.4, 0.5) is 0 Å². The Balaban J connectivity index is 1.79. The zero-order valence-corrected chi connectivity index (χ0v) is 19.9. The molecule has 3 aromatic carbocycles. The molecule has 0 unspecified atom stereocenters. The Morgan fingerprint density at radius 3 is 2.33 bits per heavy atom. The molecule has 0 aliphatic carbocycles. The predicted molar refractivity (Wildman–Crippen MR) is 128 cm³/mol. The Morgan fingerprint density at radius 1 is 0.970 bits per heavy atom. The second kappa shape index (κ2) is 9.75. The number of amides is 1. The number of rotatable bonds is 8. The van der Waals surface area contributed by atoms with Gasteiger partial charge in [0.2, 0.25) is 0 Å². The molecule has 4 rings (SSSR count). The highest BCUT2D eigenvalue weighted by Crippen LogP contribution is 2.44. The van der Waals surface area contributed by atoms with Gasteiger partial charge in [-0.05, 0) is 59.2 Å². The summed E-state index contributed by atoms with van der Waals surface area (Å²) in [5.74, 6) is 2.67. The third kappa shape index (κ3) is 4.25. The summed E-state index contributed by atoms with van der Waals surface area (Å²) in [6, 6.07) is 10.1. The predicted octanol–water partition coefficient (Wildman–Crippen LogP) is 4.21. The van der Waals surface area contributed by atoms with E-state index in [4.69, 9.17) is 23.7 Å². The summed E-state index contributed by atoms with van der Waals surface area (Å²) in [5, 5.41) is 3.97. The summed E-state index contributed by atoms with van der Waals surface area (Å²) in [6.07, 6.45) is 2.08. The van der Waals surface area contributed by atoms with E-state index in [9.17, 15) is 4.79 Å². The monoisotopic (exact) mass is 453 g/mol. The molecule has 176 valence electrons. The van der Waals surface area contributed by atoms with Gasteiger partial charge in [-0.15, -0.1) is 0 Å². The summed E-state index contributed by atoms with van der Waals surface area (Å²) < 4.78 is 28.1. The van der Waals surface area contributed by atoms with Crippen molar-refractivity contribution in [1.29, 1.82) is 0 Å². The van der Waals surface area contributed by atoms with Crippen LogP contribution in [0.2, 0.25) is 0 Å². The number of hydrogen-bond acceptors (Lipinski definition) is 6. The fourth-order valence-corrected chi connectivity index (χ4v) is 4.57. The van der Waals surface area contributed by atoms with Crippen LogP contribution in [-0.2, 0) is 16.0 Å². The fraction of sp³-hybridized carbons (Fsp3) is 0.423. The molecule has 3 aromatic rings. The minimum Gasteiger partial charge on any atom is -0.493 e. The van der Waals surface area contributed by atoms with Gasteiger partial charge in [-0.25, -0.2) is 0 Å². The van der Waals surface area contributed by atoms with Gasteiger partial charge < -0.3 is 28.6 Å². The van der Waals surface area contributed by atoms with Crippen molar-refractivity contribution >= 4 is 27.5 Å². The fourth-order valence-electron chi connectivity index (χ4n) is 4.57. The molecule has 0 bridgehead atoms. The smallest absolute Gasteiger partial charge is 0.251 e. The van der Waals surface area contributed by atoms with Crippen LogP contribution < -0.4 is 18.9 Å². The van der Waals surface area contributed by atoms with Gasteiger partial charge in [-0.2, -0.15) is 0 Å². The standard InChI is InChI=1S/C26H31NO6/c1-27(26(28)20-7-6-12-33-20)11-10-17-14-23(31-4)25(32-5)24-18(17)9-8-16-13-21(29-2)22(30-3)15-19(16)24/h8-9,13-15,20H,6-7,10-12H2,1-5H3/t20-/m1/s1. The summed E-state index contributed by atoms with van der Waals surface area (Å²) in [7, 11) is 8.36. The molecule has 1 aliphatic heterocycles. The van der Waals surface area contributed by atoms with Gasteiger partial charge in [-0.1, -0.05) is 12.1 Å². The first kappa shape index (κ1) is 23.0. The number of methoxy groups -OCH3 is 4. The lowest BCUT2D eigenvalue weighted by atomic mass is 9.95. The molecule has 33 heavy (non-hydrogen) atoms. The van der Waals surface area contributed by atoms with E-state index < -0.39 is 0 Å². The zero-order valence-electron chi connectivity index (χ0n) is 19.9. The Morgan fingerprint density at radius 2 is 1.70 bits per heavy atom. The first-order valence-corrected chi connectivity index (χ1v) is 11.1. The molecule has 1 fully saturated rings. The van der Waals surface area contributed by atoms with Gasteiger partial charge >= 0.3 is 0 Å². The molecule has 7 nitrogen and oxygen atoms in total. The molecule has 0 aromatic heterocycles. The van der Waals surface area contributed by atoms with E-state index >= 15 is 0 Å². The van der Waals surface area contributed by atoms with E-state index in [1.165, 1.54) is 0 Å². The van der Waals surface area contributed by atoms with Crippen LogP contribution in [0.5, 0.6) is 23.0 Å². The number of benzene rings is 3. The average Bonchev–Trinajstić information content (AvgIpc) is 3.39. The largest absolute Gasteiger partial charge is 0.493 e. The lowest BCUT2D eigenvalue weighted by Gasteiger charge is -2.22. The SMILES string of the molecule is COc1cc2ccc3c(CCN(C)C(=O)[C@H]4CCCO4)cc(OC)c(OC)c3c2cc1OC. The van der Waals surface area contributed by atoms with Gasteiger partial charge in [-0.3, -0.25) is 4.79 Å². The highest BCUT2D eigenvalue weighted by Gasteiger charge is 2.26. The van der Waals surface area contributed by atoms with Crippen molar-refractivity contribution < 1.29 is 28.5 Å². The van der Waals surface area contributed by atoms with Crippen molar-refractivity contribution in [3.8, 4) is 23.0 Å². The highest BCUT2D eigenvalue weighted by atomic mass is 16.5. The van der Waals surface area contributed by atoms with Crippen LogP contribution in [-0.4, -0.2) is 65.5 Å². The van der Waals surface area contributed by atoms with Crippen molar-refractivity contribution in [3.63, 3.8) is 0 Å². The number of likely N-dealkylation sites (N-methyl/N-ethyl adjacent to an activating group) is 1. The minimum absolute atomic E-state index is 0.0413. The summed E-state index contributed by atoms with van der Waals surface area (Å²) in [5.41, 5.74) is 1.08. The van der Waals surface area contributed by atoms with E-state index in [1.54, 1.807) is 33.3 Å². The molecule has 1 aliphatic rings.